The molecule has 4 aliphatic carbocycles. The first-order valence-corrected chi connectivity index (χ1v) is 18.2. The number of nitrogens with one attached hydrogen (secondary N) is 1. The zero-order valence-electron chi connectivity index (χ0n) is 29.3. The zero-order chi connectivity index (χ0) is 36.5. The highest BCUT2D eigenvalue weighted by Crippen LogP contribution is 2.71. The van der Waals surface area contributed by atoms with Crippen LogP contribution in [0.1, 0.15) is 85.7 Å². The maximum Gasteiger partial charge on any atom is 0.355 e. The summed E-state index contributed by atoms with van der Waals surface area (Å²) < 4.78 is 0.963. The number of hydrogen-bond donors (Lipinski definition) is 3. The van der Waals surface area contributed by atoms with Crippen LogP contribution >= 0.6 is 11.3 Å². The Morgan fingerprint density at radius 3 is 2.44 bits per heavy atom. The predicted octanol–water partition coefficient (Wildman–Crippen LogP) is 8.50. The Morgan fingerprint density at radius 1 is 0.962 bits per heavy atom. The van der Waals surface area contributed by atoms with Gasteiger partial charge in [0.05, 0.1) is 21.5 Å². The highest BCUT2D eigenvalue weighted by molar-refractivity contribution is 7.22. The molecule has 4 fully saturated rings. The van der Waals surface area contributed by atoms with E-state index in [0.717, 1.165) is 54.1 Å². The smallest absolute Gasteiger partial charge is 0.355 e. The van der Waals surface area contributed by atoms with Gasteiger partial charge in [0.1, 0.15) is 5.54 Å². The second-order valence-corrected chi connectivity index (χ2v) is 17.0. The van der Waals surface area contributed by atoms with E-state index < -0.39 is 11.5 Å². The van der Waals surface area contributed by atoms with Crippen LogP contribution in [0.4, 0.5) is 5.13 Å². The van der Waals surface area contributed by atoms with Crippen molar-refractivity contribution in [2.24, 2.45) is 32.1 Å². The van der Waals surface area contributed by atoms with Gasteiger partial charge >= 0.3 is 5.97 Å². The van der Waals surface area contributed by atoms with Crippen molar-refractivity contribution in [3.05, 3.63) is 94.9 Å². The SMILES string of the molecule is CC(=NCC12CC3(C)CC(C)(C1)CC(N=O)(C3)C2)C(=CN)c1ccc(-c2ccc3cncc(C(=O)Nc4nc5ccccc5s4)c3c2)nc1C(=O)O. The fourth-order valence-corrected chi connectivity index (χ4v) is 11.4. The zero-order valence-corrected chi connectivity index (χ0v) is 30.1. The Labute approximate surface area is 304 Å². The van der Waals surface area contributed by atoms with E-state index in [1.807, 2.05) is 49.4 Å². The Hall–Kier alpha value is -5.36. The normalized spacial score (nSPS) is 26.9. The fourth-order valence-electron chi connectivity index (χ4n) is 10.5. The molecule has 0 aliphatic heterocycles. The lowest BCUT2D eigenvalue weighted by Crippen LogP contribution is -2.62. The topological polar surface area (TPSA) is 173 Å². The molecule has 0 radical (unpaired) electrons. The molecule has 1 amide bonds. The number of aromatic nitrogens is 3. The van der Waals surface area contributed by atoms with E-state index in [9.17, 15) is 19.6 Å². The number of rotatable bonds is 9. The molecule has 2 aromatic carbocycles. The van der Waals surface area contributed by atoms with Gasteiger partial charge in [-0.25, -0.2) is 14.8 Å². The van der Waals surface area contributed by atoms with Crippen LogP contribution in [-0.4, -0.2) is 49.7 Å². The van der Waals surface area contributed by atoms with Gasteiger partial charge < -0.3 is 10.8 Å². The number of anilines is 1. The Bertz CT molecular complexity index is 2330. The summed E-state index contributed by atoms with van der Waals surface area (Å²) >= 11 is 1.39. The number of carbonyl (C=O) groups excluding carboxylic acids is 1. The molecule has 5 aromatic rings. The van der Waals surface area contributed by atoms with Crippen molar-refractivity contribution in [1.29, 1.82) is 0 Å². The van der Waals surface area contributed by atoms with Crippen molar-refractivity contribution in [3.63, 3.8) is 0 Å². The lowest BCUT2D eigenvalue weighted by atomic mass is 9.38. The first-order chi connectivity index (χ1) is 24.8. The minimum Gasteiger partial charge on any atom is -0.476 e. The summed E-state index contributed by atoms with van der Waals surface area (Å²) in [6.07, 6.45) is 10.1. The summed E-state index contributed by atoms with van der Waals surface area (Å²) in [6, 6.07) is 16.6. The third-order valence-corrected chi connectivity index (χ3v) is 12.2. The van der Waals surface area contributed by atoms with Crippen LogP contribution < -0.4 is 11.1 Å². The van der Waals surface area contributed by atoms with Gasteiger partial charge in [-0.1, -0.05) is 54.6 Å². The number of nitroso groups, excluding NO2 is 1. The number of carbonyl (C=O) groups is 2. The number of para-hydroxylation sites is 1. The molecule has 4 bridgehead atoms. The van der Waals surface area contributed by atoms with Gasteiger partial charge in [-0.05, 0) is 97.4 Å². The maximum atomic E-state index is 13.5. The average molecular weight is 714 g/mol. The number of allylic oxidation sites excluding steroid dienone is 1. The summed E-state index contributed by atoms with van der Waals surface area (Å²) in [5.41, 5.74) is 9.11. The van der Waals surface area contributed by atoms with Crippen molar-refractivity contribution < 1.29 is 14.7 Å². The summed E-state index contributed by atoms with van der Waals surface area (Å²) in [5.74, 6) is -1.56. The standard InChI is InChI=1S/C40H39N7O4S/c1-23(43-22-39-17-37(2)16-38(3,18-39)20-40(19-37,21-39)47-51)28(13-41)26-10-11-30(44-33(26)35(49)50)24-8-9-25-14-42-15-29(27(25)12-24)34(48)46-36-45-31-6-4-5-7-32(31)52-36/h4-15H,16-22,41H2,1-3H3,(H,49,50)(H,45,46,48). The second kappa shape index (κ2) is 12.1. The number of amides is 1. The molecule has 11 nitrogen and oxygen atoms in total. The van der Waals surface area contributed by atoms with Crippen LogP contribution in [0.3, 0.4) is 0 Å². The number of thiazole rings is 1. The Balaban J connectivity index is 1.08. The summed E-state index contributed by atoms with van der Waals surface area (Å²) in [7, 11) is 0. The van der Waals surface area contributed by atoms with Crippen LogP contribution in [-0.2, 0) is 0 Å². The molecule has 0 spiro atoms. The van der Waals surface area contributed by atoms with Crippen molar-refractivity contribution >= 4 is 60.6 Å². The average Bonchev–Trinajstić information content (AvgIpc) is 3.51. The molecule has 2 unspecified atom stereocenters. The van der Waals surface area contributed by atoms with E-state index in [2.05, 4.69) is 39.3 Å². The van der Waals surface area contributed by atoms with E-state index in [4.69, 9.17) is 10.7 Å². The molecule has 3 heterocycles. The van der Waals surface area contributed by atoms with E-state index in [1.165, 1.54) is 23.7 Å². The monoisotopic (exact) mass is 713 g/mol. The molecule has 4 N–H and O–H groups in total. The molecular weight excluding hydrogens is 675 g/mol. The number of hydrogen-bond acceptors (Lipinski definition) is 10. The minimum atomic E-state index is -1.20. The van der Waals surface area contributed by atoms with Crippen LogP contribution in [0.5, 0.6) is 0 Å². The molecule has 0 saturated heterocycles. The number of nitrogens with two attached hydrogens (primary N) is 1. The van der Waals surface area contributed by atoms with E-state index >= 15 is 0 Å². The van der Waals surface area contributed by atoms with E-state index in [-0.39, 0.29) is 27.8 Å². The van der Waals surface area contributed by atoms with Crippen molar-refractivity contribution in [3.8, 4) is 11.3 Å². The van der Waals surface area contributed by atoms with Gasteiger partial charge in [-0.3, -0.25) is 20.1 Å². The third kappa shape index (κ3) is 5.84. The molecule has 4 saturated carbocycles. The molecule has 12 heteroatoms. The summed E-state index contributed by atoms with van der Waals surface area (Å²) in [6.45, 7) is 6.94. The van der Waals surface area contributed by atoms with Gasteiger partial charge in [0.25, 0.3) is 5.91 Å². The van der Waals surface area contributed by atoms with Crippen LogP contribution in [0.2, 0.25) is 0 Å². The number of carboxylic acids is 1. The van der Waals surface area contributed by atoms with Gasteiger partial charge in [0, 0.05) is 52.9 Å². The highest BCUT2D eigenvalue weighted by atomic mass is 32.1. The number of nitrogens with zero attached hydrogens (tertiary/aromatic N) is 5. The van der Waals surface area contributed by atoms with Crippen molar-refractivity contribution in [2.45, 2.75) is 64.8 Å². The highest BCUT2D eigenvalue weighted by Gasteiger charge is 2.66. The number of pyridine rings is 2. The number of benzene rings is 2. The maximum absolute atomic E-state index is 13.5. The number of fused-ring (bicyclic) bond motifs is 2. The van der Waals surface area contributed by atoms with Gasteiger partial charge in [-0.2, -0.15) is 4.91 Å². The van der Waals surface area contributed by atoms with Crippen LogP contribution in [0, 0.1) is 21.2 Å². The van der Waals surface area contributed by atoms with Gasteiger partial charge in [0.15, 0.2) is 10.8 Å². The van der Waals surface area contributed by atoms with Crippen molar-refractivity contribution in [2.75, 3.05) is 11.9 Å². The molecular formula is C40H39N7O4S. The lowest BCUT2D eigenvalue weighted by molar-refractivity contribution is -0.150. The number of aliphatic imine (C=N–C) groups is 1. The van der Waals surface area contributed by atoms with Crippen molar-refractivity contribution in [1.82, 2.24) is 15.0 Å². The molecule has 4 aliphatic rings. The Morgan fingerprint density at radius 2 is 1.73 bits per heavy atom. The quantitative estimate of drug-likeness (QED) is 0.101. The first-order valence-electron chi connectivity index (χ1n) is 17.4. The minimum absolute atomic E-state index is 0.0594. The lowest BCUT2D eigenvalue weighted by Gasteiger charge is -2.67. The number of aromatic carboxylic acids is 1. The summed E-state index contributed by atoms with van der Waals surface area (Å²) in [4.78, 5) is 56.8. The largest absolute Gasteiger partial charge is 0.476 e. The first kappa shape index (κ1) is 33.8. The van der Waals surface area contributed by atoms with E-state index in [1.54, 1.807) is 18.3 Å². The summed E-state index contributed by atoms with van der Waals surface area (Å²) in [5, 5.41) is 18.9. The molecule has 2 atom stereocenters. The third-order valence-electron chi connectivity index (χ3n) is 11.3. The second-order valence-electron chi connectivity index (χ2n) is 15.9. The van der Waals surface area contributed by atoms with Gasteiger partial charge in [0.2, 0.25) is 0 Å². The molecule has 3 aromatic heterocycles. The van der Waals surface area contributed by atoms with E-state index in [0.29, 0.717) is 50.7 Å². The van der Waals surface area contributed by atoms with Crippen LogP contribution in [0.15, 0.2) is 83.4 Å². The van der Waals surface area contributed by atoms with Gasteiger partial charge in [-0.15, -0.1) is 0 Å². The number of carboxylic acid groups (broad SMARTS) is 1. The molecule has 52 heavy (non-hydrogen) atoms. The fraction of sp³-hybridized carbons (Fsp3) is 0.350. The Kier molecular flexibility index (Phi) is 7.87. The molecule has 264 valence electrons. The van der Waals surface area contributed by atoms with Crippen LogP contribution in [0.25, 0.3) is 37.8 Å². The molecule has 9 rings (SSSR count). The predicted molar refractivity (Wildman–Crippen MR) is 205 cm³/mol.